The Morgan fingerprint density at radius 2 is 1.44 bits per heavy atom. The monoisotopic (exact) mass is 374 g/mol. The number of benzene rings is 1. The Morgan fingerprint density at radius 1 is 0.889 bits per heavy atom. The van der Waals surface area contributed by atoms with Crippen LogP contribution in [0.4, 0.5) is 0 Å². The topological polar surface area (TPSA) is 52.6 Å². The number of carbonyl (C=O) groups is 2. The molecule has 0 bridgehead atoms. The first-order chi connectivity index (χ1) is 13.0. The smallest absolute Gasteiger partial charge is 0.305 e. The zero-order valence-electron chi connectivity index (χ0n) is 17.3. The van der Waals surface area contributed by atoms with E-state index < -0.39 is 18.2 Å². The van der Waals surface area contributed by atoms with Gasteiger partial charge in [-0.15, -0.1) is 0 Å². The predicted molar refractivity (Wildman–Crippen MR) is 109 cm³/mol. The minimum absolute atomic E-state index is 0.477. The van der Waals surface area contributed by atoms with Crippen molar-refractivity contribution in [2.75, 3.05) is 0 Å². The van der Waals surface area contributed by atoms with Gasteiger partial charge in [-0.25, -0.2) is 0 Å². The largest absolute Gasteiger partial charge is 0.421 e. The van der Waals surface area contributed by atoms with Crippen LogP contribution in [0, 0.1) is 0 Å². The standard InChI is InChI=1S/C23H34O4/c1-5-7-8-9-10-11-12-20-13-15-21(16-14-20)17-22(6-2)23(26-18(3)24)27-19(4)25/h13-17,23H,5-12H2,1-4H3/b22-17+. The van der Waals surface area contributed by atoms with E-state index in [0.717, 1.165) is 17.6 Å². The van der Waals surface area contributed by atoms with Crippen molar-refractivity contribution in [2.45, 2.75) is 85.4 Å². The molecule has 0 saturated carbocycles. The van der Waals surface area contributed by atoms with E-state index in [1.165, 1.54) is 57.9 Å². The van der Waals surface area contributed by atoms with Crippen LogP contribution in [0.15, 0.2) is 29.8 Å². The molecule has 0 amide bonds. The van der Waals surface area contributed by atoms with E-state index in [-0.39, 0.29) is 0 Å². The average molecular weight is 375 g/mol. The number of rotatable bonds is 12. The molecule has 27 heavy (non-hydrogen) atoms. The van der Waals surface area contributed by atoms with Crippen LogP contribution in [-0.2, 0) is 25.5 Å². The number of carbonyl (C=O) groups excluding carboxylic acids is 2. The SMILES string of the molecule is CCCCCCCCc1ccc(/C=C(\CC)C(OC(C)=O)OC(C)=O)cc1. The molecular formula is C23H34O4. The third-order valence-corrected chi connectivity index (χ3v) is 4.41. The Kier molecular flexibility index (Phi) is 11.2. The highest BCUT2D eigenvalue weighted by molar-refractivity contribution is 5.69. The van der Waals surface area contributed by atoms with Gasteiger partial charge in [0.1, 0.15) is 0 Å². The number of aryl methyl sites for hydroxylation is 1. The third-order valence-electron chi connectivity index (χ3n) is 4.41. The van der Waals surface area contributed by atoms with Crippen molar-refractivity contribution in [3.8, 4) is 0 Å². The molecule has 150 valence electrons. The van der Waals surface area contributed by atoms with E-state index in [2.05, 4.69) is 31.2 Å². The van der Waals surface area contributed by atoms with Crippen LogP contribution in [0.5, 0.6) is 0 Å². The van der Waals surface area contributed by atoms with Gasteiger partial charge in [0.2, 0.25) is 0 Å². The summed E-state index contributed by atoms with van der Waals surface area (Å²) in [6.45, 7) is 6.79. The van der Waals surface area contributed by atoms with Crippen LogP contribution in [-0.4, -0.2) is 18.2 Å². The van der Waals surface area contributed by atoms with Crippen molar-refractivity contribution in [3.63, 3.8) is 0 Å². The normalized spacial score (nSPS) is 11.5. The molecule has 4 heteroatoms. The van der Waals surface area contributed by atoms with E-state index in [4.69, 9.17) is 9.47 Å². The minimum Gasteiger partial charge on any atom is -0.421 e. The van der Waals surface area contributed by atoms with Crippen LogP contribution in [0.2, 0.25) is 0 Å². The maximum atomic E-state index is 11.3. The Hall–Kier alpha value is -2.10. The van der Waals surface area contributed by atoms with Gasteiger partial charge in [-0.3, -0.25) is 9.59 Å². The van der Waals surface area contributed by atoms with E-state index >= 15 is 0 Å². The highest BCUT2D eigenvalue weighted by Crippen LogP contribution is 2.19. The van der Waals surface area contributed by atoms with Gasteiger partial charge in [-0.05, 0) is 36.5 Å². The van der Waals surface area contributed by atoms with E-state index in [0.29, 0.717) is 6.42 Å². The van der Waals surface area contributed by atoms with Gasteiger partial charge in [-0.2, -0.15) is 0 Å². The molecule has 0 atom stereocenters. The first-order valence-corrected chi connectivity index (χ1v) is 10.1. The Bertz CT molecular complexity index is 585. The first kappa shape index (κ1) is 22.9. The second kappa shape index (κ2) is 13.1. The Balaban J connectivity index is 2.67. The van der Waals surface area contributed by atoms with Crippen LogP contribution < -0.4 is 0 Å². The maximum Gasteiger partial charge on any atom is 0.305 e. The molecule has 0 N–H and O–H groups in total. The summed E-state index contributed by atoms with van der Waals surface area (Å²) in [5.74, 6) is -0.954. The van der Waals surface area contributed by atoms with Crippen molar-refractivity contribution in [1.29, 1.82) is 0 Å². The first-order valence-electron chi connectivity index (χ1n) is 10.1. The number of hydrogen-bond acceptors (Lipinski definition) is 4. The van der Waals surface area contributed by atoms with Crippen molar-refractivity contribution in [2.24, 2.45) is 0 Å². The maximum absolute atomic E-state index is 11.3. The fourth-order valence-corrected chi connectivity index (χ4v) is 2.92. The molecule has 0 unspecified atom stereocenters. The third kappa shape index (κ3) is 9.97. The van der Waals surface area contributed by atoms with Gasteiger partial charge >= 0.3 is 11.9 Å². The summed E-state index contributed by atoms with van der Waals surface area (Å²) in [5.41, 5.74) is 3.09. The molecule has 1 aromatic rings. The van der Waals surface area contributed by atoms with Crippen molar-refractivity contribution in [3.05, 3.63) is 41.0 Å². The summed E-state index contributed by atoms with van der Waals surface area (Å²) < 4.78 is 10.3. The average Bonchev–Trinajstić information content (AvgIpc) is 2.62. The Morgan fingerprint density at radius 3 is 1.96 bits per heavy atom. The second-order valence-electron chi connectivity index (χ2n) is 6.88. The van der Waals surface area contributed by atoms with Crippen LogP contribution >= 0.6 is 0 Å². The summed E-state index contributed by atoms with van der Waals surface area (Å²) in [6.07, 6.45) is 10.5. The number of hydrogen-bond donors (Lipinski definition) is 0. The number of unbranched alkanes of at least 4 members (excludes halogenated alkanes) is 5. The molecular weight excluding hydrogens is 340 g/mol. The number of esters is 2. The fourth-order valence-electron chi connectivity index (χ4n) is 2.92. The molecule has 0 saturated heterocycles. The van der Waals surface area contributed by atoms with E-state index in [9.17, 15) is 9.59 Å². The molecule has 0 aliphatic rings. The lowest BCUT2D eigenvalue weighted by Crippen LogP contribution is -2.24. The molecule has 0 fully saturated rings. The quantitative estimate of drug-likeness (QED) is 0.262. The van der Waals surface area contributed by atoms with Gasteiger partial charge in [-0.1, -0.05) is 70.2 Å². The molecule has 1 rings (SSSR count). The predicted octanol–water partition coefficient (Wildman–Crippen LogP) is 5.84. The summed E-state index contributed by atoms with van der Waals surface area (Å²) >= 11 is 0. The van der Waals surface area contributed by atoms with Gasteiger partial charge in [0.25, 0.3) is 6.29 Å². The van der Waals surface area contributed by atoms with E-state index in [1.807, 2.05) is 13.0 Å². The van der Waals surface area contributed by atoms with Gasteiger partial charge < -0.3 is 9.47 Å². The van der Waals surface area contributed by atoms with E-state index in [1.54, 1.807) is 0 Å². The van der Waals surface area contributed by atoms with Crippen LogP contribution in [0.3, 0.4) is 0 Å². The summed E-state index contributed by atoms with van der Waals surface area (Å²) in [6, 6.07) is 8.39. The molecule has 0 spiro atoms. The second-order valence-corrected chi connectivity index (χ2v) is 6.88. The zero-order chi connectivity index (χ0) is 20.1. The minimum atomic E-state index is -0.965. The van der Waals surface area contributed by atoms with Crippen molar-refractivity contribution >= 4 is 18.0 Å². The molecule has 4 nitrogen and oxygen atoms in total. The molecule has 1 aromatic carbocycles. The van der Waals surface area contributed by atoms with Crippen LogP contribution in [0.1, 0.15) is 83.8 Å². The van der Waals surface area contributed by atoms with Crippen molar-refractivity contribution in [1.82, 2.24) is 0 Å². The van der Waals surface area contributed by atoms with Gasteiger partial charge in [0.15, 0.2) is 0 Å². The lowest BCUT2D eigenvalue weighted by atomic mass is 10.0. The molecule has 0 aliphatic heterocycles. The fraction of sp³-hybridized carbons (Fsp3) is 0.565. The zero-order valence-corrected chi connectivity index (χ0v) is 17.3. The molecule has 0 heterocycles. The lowest BCUT2D eigenvalue weighted by molar-refractivity contribution is -0.178. The highest BCUT2D eigenvalue weighted by Gasteiger charge is 2.19. The molecule has 0 radical (unpaired) electrons. The number of ether oxygens (including phenoxy) is 2. The molecule has 0 aromatic heterocycles. The summed E-state index contributed by atoms with van der Waals surface area (Å²) in [7, 11) is 0. The molecule has 0 aliphatic carbocycles. The Labute approximate surface area is 163 Å². The highest BCUT2D eigenvalue weighted by atomic mass is 16.7. The van der Waals surface area contributed by atoms with Gasteiger partial charge in [0, 0.05) is 19.4 Å². The van der Waals surface area contributed by atoms with Crippen molar-refractivity contribution < 1.29 is 19.1 Å². The summed E-state index contributed by atoms with van der Waals surface area (Å²) in [5, 5.41) is 0. The summed E-state index contributed by atoms with van der Waals surface area (Å²) in [4.78, 5) is 22.6. The lowest BCUT2D eigenvalue weighted by Gasteiger charge is -2.19. The van der Waals surface area contributed by atoms with Gasteiger partial charge in [0.05, 0.1) is 0 Å². The van der Waals surface area contributed by atoms with Crippen LogP contribution in [0.25, 0.3) is 6.08 Å².